The Hall–Kier alpha value is -1.09. The molecule has 3 nitrogen and oxygen atoms in total. The number of nitrogens with one attached hydrogen (secondary N) is 1. The molecule has 18 heavy (non-hydrogen) atoms. The van der Waals surface area contributed by atoms with Crippen LogP contribution in [-0.2, 0) is 6.54 Å². The number of pyridine rings is 1. The molecule has 0 aliphatic carbocycles. The van der Waals surface area contributed by atoms with Gasteiger partial charge in [0.1, 0.15) is 0 Å². The Morgan fingerprint density at radius 3 is 2.56 bits per heavy atom. The minimum Gasteiger partial charge on any atom is -0.372 e. The highest BCUT2D eigenvalue weighted by atomic mass is 15.1. The fraction of sp³-hybridized carbons (Fsp3) is 0.667. The van der Waals surface area contributed by atoms with E-state index >= 15 is 0 Å². The predicted molar refractivity (Wildman–Crippen MR) is 79.0 cm³/mol. The van der Waals surface area contributed by atoms with Gasteiger partial charge in [-0.05, 0) is 46.2 Å². The zero-order valence-electron chi connectivity index (χ0n) is 12.5. The van der Waals surface area contributed by atoms with E-state index in [1.807, 2.05) is 6.20 Å². The van der Waals surface area contributed by atoms with E-state index in [0.29, 0.717) is 0 Å². The maximum atomic E-state index is 4.43. The first-order valence-corrected chi connectivity index (χ1v) is 6.91. The number of anilines is 1. The molecule has 0 saturated heterocycles. The average molecular weight is 249 g/mol. The molecule has 1 aromatic rings. The molecule has 0 aliphatic heterocycles. The number of nitrogens with zero attached hydrogens (tertiary/aromatic N) is 2. The highest BCUT2D eigenvalue weighted by molar-refractivity contribution is 5.46. The van der Waals surface area contributed by atoms with Crippen molar-refractivity contribution in [1.29, 1.82) is 0 Å². The van der Waals surface area contributed by atoms with Crippen LogP contribution in [0.3, 0.4) is 0 Å². The molecule has 0 aliphatic rings. The fourth-order valence-electron chi connectivity index (χ4n) is 1.85. The average Bonchev–Trinajstić information content (AvgIpc) is 2.33. The van der Waals surface area contributed by atoms with E-state index in [9.17, 15) is 0 Å². The molecule has 0 radical (unpaired) electrons. The second-order valence-electron chi connectivity index (χ2n) is 5.69. The number of rotatable bonds is 6. The Balaban J connectivity index is 2.72. The van der Waals surface area contributed by atoms with Gasteiger partial charge in [0.15, 0.2) is 0 Å². The van der Waals surface area contributed by atoms with E-state index < -0.39 is 0 Å². The van der Waals surface area contributed by atoms with Crippen LogP contribution in [0, 0.1) is 0 Å². The van der Waals surface area contributed by atoms with Crippen LogP contribution in [0.25, 0.3) is 0 Å². The third-order valence-electron chi connectivity index (χ3n) is 2.84. The van der Waals surface area contributed by atoms with E-state index in [4.69, 9.17) is 0 Å². The van der Waals surface area contributed by atoms with Crippen molar-refractivity contribution in [3.05, 3.63) is 24.0 Å². The summed E-state index contributed by atoms with van der Waals surface area (Å²) in [7, 11) is 0. The fourth-order valence-corrected chi connectivity index (χ4v) is 1.85. The molecule has 0 amide bonds. The van der Waals surface area contributed by atoms with Gasteiger partial charge in [-0.1, -0.05) is 6.92 Å². The first-order chi connectivity index (χ1) is 8.46. The van der Waals surface area contributed by atoms with Gasteiger partial charge >= 0.3 is 0 Å². The van der Waals surface area contributed by atoms with Crippen LogP contribution in [0.1, 0.15) is 46.7 Å². The lowest BCUT2D eigenvalue weighted by Gasteiger charge is -2.24. The summed E-state index contributed by atoms with van der Waals surface area (Å²) >= 11 is 0. The lowest BCUT2D eigenvalue weighted by molar-refractivity contribution is 0.421. The summed E-state index contributed by atoms with van der Waals surface area (Å²) in [5, 5.41) is 3.47. The third kappa shape index (κ3) is 5.05. The van der Waals surface area contributed by atoms with Crippen molar-refractivity contribution in [2.45, 2.75) is 53.1 Å². The smallest absolute Gasteiger partial charge is 0.0562 e. The zero-order chi connectivity index (χ0) is 13.6. The summed E-state index contributed by atoms with van der Waals surface area (Å²) in [6.07, 6.45) is 3.08. The summed E-state index contributed by atoms with van der Waals surface area (Å²) in [5.74, 6) is 0. The molecule has 1 N–H and O–H groups in total. The van der Waals surface area contributed by atoms with Crippen molar-refractivity contribution in [1.82, 2.24) is 10.3 Å². The van der Waals surface area contributed by atoms with Crippen LogP contribution < -0.4 is 10.2 Å². The van der Waals surface area contributed by atoms with Crippen LogP contribution >= 0.6 is 0 Å². The van der Waals surface area contributed by atoms with E-state index in [1.165, 1.54) is 12.1 Å². The molecular weight excluding hydrogens is 222 g/mol. The minimum atomic E-state index is 0.131. The van der Waals surface area contributed by atoms with Crippen molar-refractivity contribution < 1.29 is 0 Å². The maximum Gasteiger partial charge on any atom is 0.0562 e. The van der Waals surface area contributed by atoms with Crippen molar-refractivity contribution in [2.75, 3.05) is 18.0 Å². The van der Waals surface area contributed by atoms with Crippen LogP contribution in [0.5, 0.6) is 0 Å². The molecule has 1 rings (SSSR count). The number of aromatic nitrogens is 1. The molecule has 0 aromatic carbocycles. The second-order valence-corrected chi connectivity index (χ2v) is 5.69. The molecule has 0 saturated carbocycles. The van der Waals surface area contributed by atoms with Crippen LogP contribution in [-0.4, -0.2) is 23.6 Å². The van der Waals surface area contributed by atoms with E-state index in [-0.39, 0.29) is 5.54 Å². The summed E-state index contributed by atoms with van der Waals surface area (Å²) in [6, 6.07) is 4.29. The summed E-state index contributed by atoms with van der Waals surface area (Å²) < 4.78 is 0. The van der Waals surface area contributed by atoms with Crippen molar-refractivity contribution in [2.24, 2.45) is 0 Å². The molecule has 3 heteroatoms. The van der Waals surface area contributed by atoms with Gasteiger partial charge in [0.05, 0.1) is 5.69 Å². The standard InChI is InChI=1S/C15H27N3/c1-6-10-18(7-2)14-8-9-16-13(11-14)12-17-15(3,4)5/h8-9,11,17H,6-7,10,12H2,1-5H3. The van der Waals surface area contributed by atoms with Gasteiger partial charge < -0.3 is 10.2 Å². The maximum absolute atomic E-state index is 4.43. The van der Waals surface area contributed by atoms with Gasteiger partial charge in [-0.3, -0.25) is 4.98 Å². The predicted octanol–water partition coefficient (Wildman–Crippen LogP) is 3.21. The number of hydrogen-bond acceptors (Lipinski definition) is 3. The largest absolute Gasteiger partial charge is 0.372 e. The minimum absolute atomic E-state index is 0.131. The lowest BCUT2D eigenvalue weighted by atomic mass is 10.1. The first kappa shape index (κ1) is 15.0. The van der Waals surface area contributed by atoms with Crippen LogP contribution in [0.2, 0.25) is 0 Å². The third-order valence-corrected chi connectivity index (χ3v) is 2.84. The van der Waals surface area contributed by atoms with Gasteiger partial charge in [-0.15, -0.1) is 0 Å². The summed E-state index contributed by atoms with van der Waals surface area (Å²) in [5.41, 5.74) is 2.52. The molecule has 1 heterocycles. The topological polar surface area (TPSA) is 28.2 Å². The number of hydrogen-bond donors (Lipinski definition) is 1. The SMILES string of the molecule is CCCN(CC)c1ccnc(CNC(C)(C)C)c1. The monoisotopic (exact) mass is 249 g/mol. The quantitative estimate of drug-likeness (QED) is 0.839. The Kier molecular flexibility index (Phi) is 5.60. The molecule has 0 unspecified atom stereocenters. The molecule has 0 spiro atoms. The van der Waals surface area contributed by atoms with Crippen LogP contribution in [0.15, 0.2) is 18.3 Å². The van der Waals surface area contributed by atoms with Gasteiger partial charge in [0.25, 0.3) is 0 Å². The molecule has 0 atom stereocenters. The van der Waals surface area contributed by atoms with Crippen molar-refractivity contribution in [3.63, 3.8) is 0 Å². The first-order valence-electron chi connectivity index (χ1n) is 6.91. The van der Waals surface area contributed by atoms with Gasteiger partial charge in [0.2, 0.25) is 0 Å². The second kappa shape index (κ2) is 6.74. The highest BCUT2D eigenvalue weighted by Gasteiger charge is 2.10. The Morgan fingerprint density at radius 2 is 2.00 bits per heavy atom. The summed E-state index contributed by atoms with van der Waals surface area (Å²) in [6.45, 7) is 13.9. The van der Waals surface area contributed by atoms with E-state index in [2.05, 4.69) is 62.0 Å². The Morgan fingerprint density at radius 1 is 1.28 bits per heavy atom. The summed E-state index contributed by atoms with van der Waals surface area (Å²) in [4.78, 5) is 6.82. The van der Waals surface area contributed by atoms with E-state index in [1.54, 1.807) is 0 Å². The molecule has 0 fully saturated rings. The van der Waals surface area contributed by atoms with Crippen LogP contribution in [0.4, 0.5) is 5.69 Å². The molecule has 1 aromatic heterocycles. The highest BCUT2D eigenvalue weighted by Crippen LogP contribution is 2.15. The molecule has 0 bridgehead atoms. The van der Waals surface area contributed by atoms with Gasteiger partial charge in [-0.2, -0.15) is 0 Å². The lowest BCUT2D eigenvalue weighted by Crippen LogP contribution is -2.35. The van der Waals surface area contributed by atoms with Crippen molar-refractivity contribution in [3.8, 4) is 0 Å². The van der Waals surface area contributed by atoms with Gasteiger partial charge in [0, 0.05) is 37.1 Å². The van der Waals surface area contributed by atoms with E-state index in [0.717, 1.165) is 25.3 Å². The zero-order valence-corrected chi connectivity index (χ0v) is 12.5. The van der Waals surface area contributed by atoms with Crippen molar-refractivity contribution >= 4 is 5.69 Å². The normalized spacial score (nSPS) is 11.6. The molecule has 102 valence electrons. The van der Waals surface area contributed by atoms with Gasteiger partial charge in [-0.25, -0.2) is 0 Å². The Labute approximate surface area is 112 Å². The Bertz CT molecular complexity index is 355. The molecular formula is C15H27N3.